The Morgan fingerprint density at radius 1 is 1.58 bits per heavy atom. The molecule has 0 saturated carbocycles. The average molecular weight is 284 g/mol. The number of hydrogen-bond donors (Lipinski definition) is 2. The van der Waals surface area contributed by atoms with Gasteiger partial charge in [-0.3, -0.25) is 4.79 Å². The van der Waals surface area contributed by atoms with E-state index in [1.807, 2.05) is 6.07 Å². The molecule has 3 N–H and O–H groups in total. The summed E-state index contributed by atoms with van der Waals surface area (Å²) in [5, 5.41) is 3.32. The lowest BCUT2D eigenvalue weighted by Crippen LogP contribution is -2.29. The Morgan fingerprint density at radius 2 is 2.42 bits per heavy atom. The monoisotopic (exact) mass is 284 g/mol. The molecule has 0 fully saturated rings. The molecular formula is C13H17FN2O2S. The van der Waals surface area contributed by atoms with Gasteiger partial charge in [0, 0.05) is 17.5 Å². The first-order valence-electron chi connectivity index (χ1n) is 6.19. The van der Waals surface area contributed by atoms with Crippen LogP contribution in [0.5, 0.6) is 0 Å². The van der Waals surface area contributed by atoms with Crippen LogP contribution in [0.15, 0.2) is 23.1 Å². The van der Waals surface area contributed by atoms with E-state index in [-0.39, 0.29) is 18.5 Å². The fourth-order valence-corrected chi connectivity index (χ4v) is 3.22. The number of rotatable bonds is 6. The largest absolute Gasteiger partial charge is 0.370 e. The fraction of sp³-hybridized carbons (Fsp3) is 0.462. The Balaban J connectivity index is 1.86. The first kappa shape index (κ1) is 14.3. The molecule has 0 saturated heterocycles. The van der Waals surface area contributed by atoms with Gasteiger partial charge in [-0.2, -0.15) is 0 Å². The zero-order valence-corrected chi connectivity index (χ0v) is 11.3. The van der Waals surface area contributed by atoms with Gasteiger partial charge in [0.05, 0.1) is 6.61 Å². The molecule has 1 aliphatic rings. The van der Waals surface area contributed by atoms with Crippen LogP contribution < -0.4 is 11.1 Å². The summed E-state index contributed by atoms with van der Waals surface area (Å²) in [4.78, 5) is 11.2. The highest BCUT2D eigenvalue weighted by Crippen LogP contribution is 2.37. The Labute approximate surface area is 115 Å². The van der Waals surface area contributed by atoms with Crippen molar-refractivity contribution >= 4 is 17.7 Å². The van der Waals surface area contributed by atoms with Crippen molar-refractivity contribution < 1.29 is 13.9 Å². The highest BCUT2D eigenvalue weighted by molar-refractivity contribution is 7.99. The van der Waals surface area contributed by atoms with Crippen LogP contribution in [0, 0.1) is 5.82 Å². The van der Waals surface area contributed by atoms with Gasteiger partial charge in [-0.1, -0.05) is 12.1 Å². The molecule has 104 valence electrons. The maximum atomic E-state index is 13.7. The smallest absolute Gasteiger partial charge is 0.243 e. The number of ether oxygens (including phenoxy) is 1. The maximum absolute atomic E-state index is 13.7. The van der Waals surface area contributed by atoms with Crippen molar-refractivity contribution in [2.24, 2.45) is 5.73 Å². The highest BCUT2D eigenvalue weighted by Gasteiger charge is 2.22. The van der Waals surface area contributed by atoms with Crippen LogP contribution >= 0.6 is 11.8 Å². The second kappa shape index (κ2) is 6.88. The van der Waals surface area contributed by atoms with Gasteiger partial charge in [-0.25, -0.2) is 4.39 Å². The third-order valence-corrected chi connectivity index (χ3v) is 4.07. The summed E-state index contributed by atoms with van der Waals surface area (Å²) in [6, 6.07) is 5.32. The Hall–Kier alpha value is -1.11. The molecular weight excluding hydrogens is 267 g/mol. The van der Waals surface area contributed by atoms with Crippen LogP contribution in [-0.4, -0.2) is 31.4 Å². The summed E-state index contributed by atoms with van der Waals surface area (Å²) in [5.74, 6) is 0.272. The van der Waals surface area contributed by atoms with E-state index in [0.717, 1.165) is 22.6 Å². The lowest BCUT2D eigenvalue weighted by molar-refractivity contribution is -0.122. The van der Waals surface area contributed by atoms with Crippen molar-refractivity contribution in [3.05, 3.63) is 29.6 Å². The maximum Gasteiger partial charge on any atom is 0.243 e. The third kappa shape index (κ3) is 3.92. The molecule has 6 heteroatoms. The first-order valence-corrected chi connectivity index (χ1v) is 7.17. The number of nitrogens with two attached hydrogens (primary N) is 1. The van der Waals surface area contributed by atoms with Crippen LogP contribution in [-0.2, 0) is 9.53 Å². The van der Waals surface area contributed by atoms with Crippen molar-refractivity contribution in [2.45, 2.75) is 17.4 Å². The standard InChI is InChI=1S/C13H17FN2O2S/c14-10-3-1-2-9-11(4-7-19-13(9)10)16-5-6-18-8-12(15)17/h1-3,11,16H,4-8H2,(H2,15,17). The summed E-state index contributed by atoms with van der Waals surface area (Å²) in [5.41, 5.74) is 5.97. The second-order valence-corrected chi connectivity index (χ2v) is 5.43. The lowest BCUT2D eigenvalue weighted by Gasteiger charge is -2.26. The minimum atomic E-state index is -0.471. The highest BCUT2D eigenvalue weighted by atomic mass is 32.2. The number of fused-ring (bicyclic) bond motifs is 1. The van der Waals surface area contributed by atoms with Crippen molar-refractivity contribution in [3.63, 3.8) is 0 Å². The van der Waals surface area contributed by atoms with E-state index in [0.29, 0.717) is 13.2 Å². The van der Waals surface area contributed by atoms with Gasteiger partial charge in [0.1, 0.15) is 12.4 Å². The predicted octanol–water partition coefficient (Wildman–Crippen LogP) is 1.45. The number of halogens is 1. The van der Waals surface area contributed by atoms with Gasteiger partial charge in [-0.05, 0) is 23.8 Å². The van der Waals surface area contributed by atoms with Gasteiger partial charge in [0.2, 0.25) is 5.91 Å². The molecule has 1 aromatic rings. The van der Waals surface area contributed by atoms with E-state index >= 15 is 0 Å². The quantitative estimate of drug-likeness (QED) is 0.776. The summed E-state index contributed by atoms with van der Waals surface area (Å²) in [6.07, 6.45) is 0.955. The molecule has 0 aliphatic carbocycles. The molecule has 2 rings (SSSR count). The minimum Gasteiger partial charge on any atom is -0.370 e. The van der Waals surface area contributed by atoms with Crippen molar-refractivity contribution in [3.8, 4) is 0 Å². The second-order valence-electron chi connectivity index (χ2n) is 4.32. The van der Waals surface area contributed by atoms with Gasteiger partial charge in [-0.15, -0.1) is 11.8 Å². The Morgan fingerprint density at radius 3 is 3.21 bits per heavy atom. The van der Waals surface area contributed by atoms with E-state index in [1.165, 1.54) is 6.07 Å². The molecule has 0 radical (unpaired) electrons. The average Bonchev–Trinajstić information content (AvgIpc) is 2.39. The summed E-state index contributed by atoms with van der Waals surface area (Å²) in [6.45, 7) is 0.962. The Kier molecular flexibility index (Phi) is 5.18. The first-order chi connectivity index (χ1) is 9.18. The van der Waals surface area contributed by atoms with Crippen molar-refractivity contribution in [1.82, 2.24) is 5.32 Å². The van der Waals surface area contributed by atoms with Crippen LogP contribution in [0.1, 0.15) is 18.0 Å². The molecule has 0 bridgehead atoms. The number of carbonyl (C=O) groups excluding carboxylic acids is 1. The van der Waals surface area contributed by atoms with Gasteiger partial charge in [0.25, 0.3) is 0 Å². The topological polar surface area (TPSA) is 64.4 Å². The summed E-state index contributed by atoms with van der Waals surface area (Å²) < 4.78 is 18.7. The van der Waals surface area contributed by atoms with Crippen molar-refractivity contribution in [2.75, 3.05) is 25.5 Å². The van der Waals surface area contributed by atoms with Crippen LogP contribution in [0.2, 0.25) is 0 Å². The Bertz CT molecular complexity index is 456. The van der Waals surface area contributed by atoms with E-state index in [9.17, 15) is 9.18 Å². The molecule has 0 aromatic heterocycles. The number of primary amides is 1. The molecule has 1 amide bonds. The number of carbonyl (C=O) groups is 1. The third-order valence-electron chi connectivity index (χ3n) is 2.91. The van der Waals surface area contributed by atoms with E-state index in [2.05, 4.69) is 5.32 Å². The normalized spacial score (nSPS) is 18.1. The van der Waals surface area contributed by atoms with E-state index in [4.69, 9.17) is 10.5 Å². The molecule has 4 nitrogen and oxygen atoms in total. The molecule has 19 heavy (non-hydrogen) atoms. The SMILES string of the molecule is NC(=O)COCCNC1CCSc2c(F)cccc21. The van der Waals surface area contributed by atoms with Gasteiger partial charge >= 0.3 is 0 Å². The zero-order chi connectivity index (χ0) is 13.7. The van der Waals surface area contributed by atoms with Crippen LogP contribution in [0.3, 0.4) is 0 Å². The van der Waals surface area contributed by atoms with Crippen molar-refractivity contribution in [1.29, 1.82) is 0 Å². The number of hydrogen-bond acceptors (Lipinski definition) is 4. The molecule has 1 aromatic carbocycles. The molecule has 0 spiro atoms. The zero-order valence-electron chi connectivity index (χ0n) is 10.5. The van der Waals surface area contributed by atoms with Crippen LogP contribution in [0.4, 0.5) is 4.39 Å². The number of nitrogens with one attached hydrogen (secondary N) is 1. The summed E-state index contributed by atoms with van der Waals surface area (Å²) >= 11 is 1.56. The van der Waals surface area contributed by atoms with Gasteiger partial charge in [0.15, 0.2) is 0 Å². The van der Waals surface area contributed by atoms with Crippen LogP contribution in [0.25, 0.3) is 0 Å². The van der Waals surface area contributed by atoms with E-state index < -0.39 is 5.91 Å². The molecule has 1 aliphatic heterocycles. The molecule has 1 atom stereocenters. The fourth-order valence-electron chi connectivity index (χ4n) is 2.08. The lowest BCUT2D eigenvalue weighted by atomic mass is 10.0. The molecule has 1 unspecified atom stereocenters. The minimum absolute atomic E-state index is 0.0621. The number of benzene rings is 1. The number of amides is 1. The van der Waals surface area contributed by atoms with Gasteiger partial charge < -0.3 is 15.8 Å². The predicted molar refractivity (Wildman–Crippen MR) is 72.5 cm³/mol. The van der Waals surface area contributed by atoms with E-state index in [1.54, 1.807) is 17.8 Å². The molecule has 1 heterocycles. The number of thioether (sulfide) groups is 1. The summed E-state index contributed by atoms with van der Waals surface area (Å²) in [7, 11) is 0.